The molecule has 7 heteroatoms. The molecule has 0 N–H and O–H groups in total. The molecule has 0 aliphatic rings. The van der Waals surface area contributed by atoms with Crippen molar-refractivity contribution in [3.05, 3.63) is 51.3 Å². The van der Waals surface area contributed by atoms with Crippen LogP contribution in [0, 0.1) is 24.0 Å². The summed E-state index contributed by atoms with van der Waals surface area (Å²) >= 11 is 0. The van der Waals surface area contributed by atoms with Gasteiger partial charge < -0.3 is 4.74 Å². The normalized spacial score (nSPS) is 10.4. The van der Waals surface area contributed by atoms with Gasteiger partial charge in [0.1, 0.15) is 23.7 Å². The fraction of sp³-hybridized carbons (Fsp3) is 0.286. The fourth-order valence-electron chi connectivity index (χ4n) is 2.11. The molecule has 0 amide bonds. The number of carbonyl (C=O) groups excluding carboxylic acids is 1. The number of benzene rings is 1. The van der Waals surface area contributed by atoms with Crippen LogP contribution in [0.5, 0.6) is 5.75 Å². The van der Waals surface area contributed by atoms with Crippen molar-refractivity contribution in [2.45, 2.75) is 20.4 Å². The Hall–Kier alpha value is -2.70. The van der Waals surface area contributed by atoms with Gasteiger partial charge in [-0.1, -0.05) is 0 Å². The summed E-state index contributed by atoms with van der Waals surface area (Å²) in [5, 5.41) is 15.0. The molecule has 0 spiro atoms. The van der Waals surface area contributed by atoms with Crippen LogP contribution in [0.4, 0.5) is 5.69 Å². The molecule has 0 saturated heterocycles. The zero-order chi connectivity index (χ0) is 15.6. The molecule has 21 heavy (non-hydrogen) atoms. The maximum atomic E-state index is 12.2. The molecule has 0 unspecified atom stereocenters. The Bertz CT molecular complexity index is 689. The average molecular weight is 289 g/mol. The lowest BCUT2D eigenvalue weighted by molar-refractivity contribution is -0.386. The van der Waals surface area contributed by atoms with Gasteiger partial charge in [-0.3, -0.25) is 19.6 Å². The highest BCUT2D eigenvalue weighted by Gasteiger charge is 2.22. The molecule has 2 rings (SSSR count). The Kier molecular flexibility index (Phi) is 4.02. The standard InChI is InChI=1S/C14H15N3O4/c1-9-14(17(19)20)10(2)16(15-9)8-13(18)11-4-6-12(21-3)7-5-11/h4-7H,8H2,1-3H3. The fourth-order valence-corrected chi connectivity index (χ4v) is 2.11. The summed E-state index contributed by atoms with van der Waals surface area (Å²) in [6.07, 6.45) is 0. The highest BCUT2D eigenvalue weighted by molar-refractivity contribution is 5.96. The van der Waals surface area contributed by atoms with E-state index in [4.69, 9.17) is 4.74 Å². The van der Waals surface area contributed by atoms with E-state index in [0.717, 1.165) is 0 Å². The van der Waals surface area contributed by atoms with E-state index in [9.17, 15) is 14.9 Å². The monoisotopic (exact) mass is 289 g/mol. The third-order valence-corrected chi connectivity index (χ3v) is 3.23. The molecule has 0 atom stereocenters. The van der Waals surface area contributed by atoms with Crippen LogP contribution in [0.2, 0.25) is 0 Å². The average Bonchev–Trinajstić information content (AvgIpc) is 2.73. The van der Waals surface area contributed by atoms with Crippen molar-refractivity contribution in [1.82, 2.24) is 9.78 Å². The third kappa shape index (κ3) is 2.91. The second kappa shape index (κ2) is 5.74. The van der Waals surface area contributed by atoms with E-state index in [1.165, 1.54) is 4.68 Å². The topological polar surface area (TPSA) is 87.3 Å². The van der Waals surface area contributed by atoms with E-state index in [1.807, 2.05) is 0 Å². The number of methoxy groups -OCH3 is 1. The van der Waals surface area contributed by atoms with Gasteiger partial charge in [0.05, 0.1) is 12.0 Å². The van der Waals surface area contributed by atoms with Gasteiger partial charge in [0.15, 0.2) is 5.78 Å². The number of Topliss-reactive ketones (excluding diaryl/α,β-unsaturated/α-hetero) is 1. The first-order valence-corrected chi connectivity index (χ1v) is 6.29. The van der Waals surface area contributed by atoms with Gasteiger partial charge in [0.2, 0.25) is 0 Å². The lowest BCUT2D eigenvalue weighted by Gasteiger charge is -2.04. The first-order chi connectivity index (χ1) is 9.93. The van der Waals surface area contributed by atoms with Crippen molar-refractivity contribution < 1.29 is 14.5 Å². The summed E-state index contributed by atoms with van der Waals surface area (Å²) in [7, 11) is 1.55. The highest BCUT2D eigenvalue weighted by Crippen LogP contribution is 2.22. The summed E-state index contributed by atoms with van der Waals surface area (Å²) in [4.78, 5) is 22.6. The summed E-state index contributed by atoms with van der Waals surface area (Å²) in [5.41, 5.74) is 1.14. The predicted octanol–water partition coefficient (Wildman–Crippen LogP) is 2.30. The number of ketones is 1. The Morgan fingerprint density at radius 1 is 1.33 bits per heavy atom. The van der Waals surface area contributed by atoms with Crippen molar-refractivity contribution in [3.8, 4) is 5.75 Å². The minimum absolute atomic E-state index is 0.0349. The van der Waals surface area contributed by atoms with E-state index >= 15 is 0 Å². The molecule has 0 aliphatic heterocycles. The summed E-state index contributed by atoms with van der Waals surface area (Å²) in [5.74, 6) is 0.492. The maximum absolute atomic E-state index is 12.2. The number of hydrogen-bond donors (Lipinski definition) is 0. The van der Waals surface area contributed by atoms with Crippen LogP contribution in [0.3, 0.4) is 0 Å². The van der Waals surface area contributed by atoms with Gasteiger partial charge in [-0.05, 0) is 38.1 Å². The Labute approximate surface area is 121 Å². The first-order valence-electron chi connectivity index (χ1n) is 6.29. The number of nitrogens with zero attached hydrogens (tertiary/aromatic N) is 3. The minimum atomic E-state index is -0.480. The highest BCUT2D eigenvalue weighted by atomic mass is 16.6. The van der Waals surface area contributed by atoms with Crippen LogP contribution in [0.1, 0.15) is 21.7 Å². The van der Waals surface area contributed by atoms with E-state index < -0.39 is 4.92 Å². The predicted molar refractivity (Wildman–Crippen MR) is 75.7 cm³/mol. The summed E-state index contributed by atoms with van der Waals surface area (Å²) in [6, 6.07) is 6.69. The van der Waals surface area contributed by atoms with Crippen LogP contribution in [-0.4, -0.2) is 27.6 Å². The number of ether oxygens (including phenoxy) is 1. The first kappa shape index (κ1) is 14.7. The van der Waals surface area contributed by atoms with E-state index in [0.29, 0.717) is 22.7 Å². The largest absolute Gasteiger partial charge is 0.497 e. The van der Waals surface area contributed by atoms with Gasteiger partial charge in [-0.25, -0.2) is 0 Å². The van der Waals surface area contributed by atoms with Gasteiger partial charge in [0.25, 0.3) is 0 Å². The lowest BCUT2D eigenvalue weighted by Crippen LogP contribution is -2.13. The van der Waals surface area contributed by atoms with Crippen molar-refractivity contribution in [2.75, 3.05) is 7.11 Å². The van der Waals surface area contributed by atoms with Crippen LogP contribution in [0.15, 0.2) is 24.3 Å². The number of rotatable bonds is 5. The van der Waals surface area contributed by atoms with Gasteiger partial charge >= 0.3 is 5.69 Å². The molecule has 110 valence electrons. The van der Waals surface area contributed by atoms with Crippen molar-refractivity contribution >= 4 is 11.5 Å². The molecule has 0 fully saturated rings. The molecule has 0 bridgehead atoms. The zero-order valence-electron chi connectivity index (χ0n) is 12.0. The minimum Gasteiger partial charge on any atom is -0.497 e. The molecular weight excluding hydrogens is 274 g/mol. The van der Waals surface area contributed by atoms with E-state index in [2.05, 4.69) is 5.10 Å². The Morgan fingerprint density at radius 3 is 2.43 bits per heavy atom. The lowest BCUT2D eigenvalue weighted by atomic mass is 10.1. The number of carbonyl (C=O) groups is 1. The maximum Gasteiger partial charge on any atom is 0.312 e. The Morgan fingerprint density at radius 2 is 1.95 bits per heavy atom. The van der Waals surface area contributed by atoms with Gasteiger partial charge in [0, 0.05) is 5.56 Å². The van der Waals surface area contributed by atoms with Crippen molar-refractivity contribution in [2.24, 2.45) is 0 Å². The number of hydrogen-bond acceptors (Lipinski definition) is 5. The quantitative estimate of drug-likeness (QED) is 0.479. The molecule has 0 radical (unpaired) electrons. The van der Waals surface area contributed by atoms with Gasteiger partial charge in [-0.15, -0.1) is 0 Å². The zero-order valence-corrected chi connectivity index (χ0v) is 12.0. The van der Waals surface area contributed by atoms with Crippen molar-refractivity contribution in [3.63, 3.8) is 0 Å². The van der Waals surface area contributed by atoms with Gasteiger partial charge in [-0.2, -0.15) is 5.10 Å². The third-order valence-electron chi connectivity index (χ3n) is 3.23. The number of aromatic nitrogens is 2. The molecule has 0 aliphatic carbocycles. The van der Waals surface area contributed by atoms with Crippen molar-refractivity contribution in [1.29, 1.82) is 0 Å². The molecule has 1 aromatic heterocycles. The molecule has 1 heterocycles. The van der Waals surface area contributed by atoms with Crippen LogP contribution < -0.4 is 4.74 Å². The van der Waals surface area contributed by atoms with Crippen LogP contribution in [0.25, 0.3) is 0 Å². The molecule has 7 nitrogen and oxygen atoms in total. The second-order valence-corrected chi connectivity index (χ2v) is 4.59. The molecular formula is C14H15N3O4. The number of aryl methyl sites for hydroxylation is 1. The number of nitro groups is 1. The molecule has 1 aromatic carbocycles. The Balaban J connectivity index is 2.23. The summed E-state index contributed by atoms with van der Waals surface area (Å²) in [6.45, 7) is 3.10. The van der Waals surface area contributed by atoms with E-state index in [-0.39, 0.29) is 18.0 Å². The summed E-state index contributed by atoms with van der Waals surface area (Å²) < 4.78 is 6.39. The van der Waals surface area contributed by atoms with Crippen LogP contribution in [-0.2, 0) is 6.54 Å². The second-order valence-electron chi connectivity index (χ2n) is 4.59. The SMILES string of the molecule is COc1ccc(C(=O)Cn2nc(C)c([N+](=O)[O-])c2C)cc1. The van der Waals surface area contributed by atoms with E-state index in [1.54, 1.807) is 45.2 Å². The molecule has 2 aromatic rings. The molecule has 0 saturated carbocycles. The van der Waals surface area contributed by atoms with Crippen LogP contribution >= 0.6 is 0 Å². The smallest absolute Gasteiger partial charge is 0.312 e.